The lowest BCUT2D eigenvalue weighted by Crippen LogP contribution is -2.26. The van der Waals surface area contributed by atoms with E-state index < -0.39 is 11.9 Å². The highest BCUT2D eigenvalue weighted by Gasteiger charge is 2.05. The van der Waals surface area contributed by atoms with E-state index in [1.165, 1.54) is 7.05 Å². The van der Waals surface area contributed by atoms with Crippen LogP contribution in [0.5, 0.6) is 0 Å². The second kappa shape index (κ2) is 4.43. The smallest absolute Gasteiger partial charge is 0.342 e. The molecular weight excluding hydrogens is 146 g/mol. The molecule has 1 unspecified atom stereocenters. The van der Waals surface area contributed by atoms with Gasteiger partial charge in [-0.3, -0.25) is 0 Å². The van der Waals surface area contributed by atoms with Crippen molar-refractivity contribution in [3.05, 3.63) is 0 Å². The molecule has 0 saturated carbocycles. The Morgan fingerprint density at radius 1 is 1.73 bits per heavy atom. The summed E-state index contributed by atoms with van der Waals surface area (Å²) in [5, 5.41) is 2.25. The SMILES string of the molecule is CNC(=O)N=C(N)C(C)C=O. The average molecular weight is 157 g/mol. The van der Waals surface area contributed by atoms with Gasteiger partial charge in [-0.2, -0.15) is 4.99 Å². The number of carbonyl (C=O) groups excluding carboxylic acids is 2. The lowest BCUT2D eigenvalue weighted by atomic mass is 10.2. The molecule has 0 aliphatic carbocycles. The van der Waals surface area contributed by atoms with Crippen molar-refractivity contribution in [2.24, 2.45) is 16.6 Å². The zero-order valence-electron chi connectivity index (χ0n) is 6.50. The second-order valence-corrected chi connectivity index (χ2v) is 2.02. The number of carbonyl (C=O) groups is 2. The molecule has 0 aliphatic heterocycles. The summed E-state index contributed by atoms with van der Waals surface area (Å²) in [6.45, 7) is 1.56. The second-order valence-electron chi connectivity index (χ2n) is 2.02. The summed E-state index contributed by atoms with van der Waals surface area (Å²) in [6.07, 6.45) is 0.627. The standard InChI is InChI=1S/C6H11N3O2/c1-4(3-10)5(7)9-6(11)8-2/h3-4H,1-2H3,(H3,7,8,9,11). The van der Waals surface area contributed by atoms with Crippen LogP contribution in [0.3, 0.4) is 0 Å². The van der Waals surface area contributed by atoms with Gasteiger partial charge in [0.25, 0.3) is 0 Å². The summed E-state index contributed by atoms with van der Waals surface area (Å²) in [5.74, 6) is -0.480. The quantitative estimate of drug-likeness (QED) is 0.322. The fraction of sp³-hybridized carbons (Fsp3) is 0.500. The van der Waals surface area contributed by atoms with E-state index in [0.29, 0.717) is 6.29 Å². The van der Waals surface area contributed by atoms with Gasteiger partial charge in [0.2, 0.25) is 0 Å². The van der Waals surface area contributed by atoms with Crippen LogP contribution in [-0.2, 0) is 4.79 Å². The molecule has 0 heterocycles. The number of nitrogens with one attached hydrogen (secondary N) is 1. The average Bonchev–Trinajstić information content (AvgIpc) is 2.02. The van der Waals surface area contributed by atoms with Gasteiger partial charge in [0.1, 0.15) is 12.1 Å². The number of hydrogen-bond acceptors (Lipinski definition) is 2. The summed E-state index contributed by atoms with van der Waals surface area (Å²) in [5.41, 5.74) is 5.26. The minimum absolute atomic E-state index is 0.0272. The third-order valence-corrected chi connectivity index (χ3v) is 1.12. The van der Waals surface area contributed by atoms with Crippen LogP contribution in [0.2, 0.25) is 0 Å². The van der Waals surface area contributed by atoms with Crippen molar-refractivity contribution >= 4 is 18.2 Å². The number of amidine groups is 1. The Kier molecular flexibility index (Phi) is 3.87. The van der Waals surface area contributed by atoms with Gasteiger partial charge in [0.15, 0.2) is 0 Å². The number of hydrogen-bond donors (Lipinski definition) is 2. The highest BCUT2D eigenvalue weighted by molar-refractivity contribution is 6.00. The molecule has 11 heavy (non-hydrogen) atoms. The highest BCUT2D eigenvalue weighted by atomic mass is 16.2. The zero-order valence-corrected chi connectivity index (χ0v) is 6.50. The molecule has 0 aromatic rings. The zero-order chi connectivity index (χ0) is 8.85. The van der Waals surface area contributed by atoms with Crippen LogP contribution in [0, 0.1) is 5.92 Å². The maximum atomic E-state index is 10.5. The van der Waals surface area contributed by atoms with E-state index in [1.807, 2.05) is 0 Å². The lowest BCUT2D eigenvalue weighted by Gasteiger charge is -2.00. The van der Waals surface area contributed by atoms with Crippen LogP contribution >= 0.6 is 0 Å². The Labute approximate surface area is 64.7 Å². The van der Waals surface area contributed by atoms with Crippen molar-refractivity contribution in [2.75, 3.05) is 7.05 Å². The molecular formula is C6H11N3O2. The molecule has 0 bridgehead atoms. The Morgan fingerprint density at radius 3 is 2.64 bits per heavy atom. The Hall–Kier alpha value is -1.39. The number of amides is 2. The first-order chi connectivity index (χ1) is 5.11. The first kappa shape index (κ1) is 9.61. The van der Waals surface area contributed by atoms with E-state index >= 15 is 0 Å². The largest absolute Gasteiger partial charge is 0.386 e. The van der Waals surface area contributed by atoms with E-state index in [2.05, 4.69) is 10.3 Å². The molecule has 0 spiro atoms. The van der Waals surface area contributed by atoms with E-state index in [-0.39, 0.29) is 5.84 Å². The minimum atomic E-state index is -0.545. The molecule has 0 saturated heterocycles. The fourth-order valence-corrected chi connectivity index (χ4v) is 0.345. The molecule has 0 aromatic carbocycles. The van der Waals surface area contributed by atoms with Crippen LogP contribution in [0.1, 0.15) is 6.92 Å². The van der Waals surface area contributed by atoms with Gasteiger partial charge in [-0.25, -0.2) is 4.79 Å². The highest BCUT2D eigenvalue weighted by Crippen LogP contribution is 1.88. The normalized spacial score (nSPS) is 13.8. The Balaban J connectivity index is 4.20. The first-order valence-corrected chi connectivity index (χ1v) is 3.13. The first-order valence-electron chi connectivity index (χ1n) is 3.13. The van der Waals surface area contributed by atoms with Crippen molar-refractivity contribution in [1.29, 1.82) is 0 Å². The summed E-state index contributed by atoms with van der Waals surface area (Å²) in [7, 11) is 1.44. The van der Waals surface area contributed by atoms with Crippen molar-refractivity contribution in [3.8, 4) is 0 Å². The molecule has 62 valence electrons. The molecule has 0 radical (unpaired) electrons. The Morgan fingerprint density at radius 2 is 2.27 bits per heavy atom. The third-order valence-electron chi connectivity index (χ3n) is 1.12. The number of aliphatic imine (C=N–C) groups is 1. The number of rotatable bonds is 2. The van der Waals surface area contributed by atoms with E-state index in [9.17, 15) is 9.59 Å². The molecule has 2 amide bonds. The monoisotopic (exact) mass is 157 g/mol. The van der Waals surface area contributed by atoms with Crippen LogP contribution in [-0.4, -0.2) is 25.2 Å². The van der Waals surface area contributed by atoms with Crippen LogP contribution in [0.25, 0.3) is 0 Å². The maximum Gasteiger partial charge on any atom is 0.342 e. The molecule has 5 nitrogen and oxygen atoms in total. The number of aldehydes is 1. The molecule has 0 aromatic heterocycles. The van der Waals surface area contributed by atoms with E-state index in [4.69, 9.17) is 5.73 Å². The maximum absolute atomic E-state index is 10.5. The van der Waals surface area contributed by atoms with Gasteiger partial charge in [0.05, 0.1) is 5.92 Å². The molecule has 5 heteroatoms. The molecule has 1 atom stereocenters. The predicted octanol–water partition coefficient (Wildman–Crippen LogP) is -0.482. The molecule has 0 aliphatic rings. The van der Waals surface area contributed by atoms with Gasteiger partial charge < -0.3 is 15.8 Å². The van der Waals surface area contributed by atoms with Crippen molar-refractivity contribution in [3.63, 3.8) is 0 Å². The molecule has 3 N–H and O–H groups in total. The summed E-state index contributed by atoms with van der Waals surface area (Å²) >= 11 is 0. The van der Waals surface area contributed by atoms with Crippen molar-refractivity contribution < 1.29 is 9.59 Å². The fourth-order valence-electron chi connectivity index (χ4n) is 0.345. The van der Waals surface area contributed by atoms with Gasteiger partial charge in [-0.05, 0) is 6.92 Å². The van der Waals surface area contributed by atoms with Crippen LogP contribution < -0.4 is 11.1 Å². The van der Waals surface area contributed by atoms with Gasteiger partial charge >= 0.3 is 6.03 Å². The molecule has 0 rings (SSSR count). The predicted molar refractivity (Wildman–Crippen MR) is 41.3 cm³/mol. The van der Waals surface area contributed by atoms with Crippen molar-refractivity contribution in [2.45, 2.75) is 6.92 Å². The van der Waals surface area contributed by atoms with Crippen molar-refractivity contribution in [1.82, 2.24) is 5.32 Å². The minimum Gasteiger partial charge on any atom is -0.386 e. The van der Waals surface area contributed by atoms with Gasteiger partial charge in [0, 0.05) is 7.05 Å². The number of nitrogens with two attached hydrogens (primary N) is 1. The van der Waals surface area contributed by atoms with Crippen LogP contribution in [0.4, 0.5) is 4.79 Å². The van der Waals surface area contributed by atoms with E-state index in [0.717, 1.165) is 0 Å². The van der Waals surface area contributed by atoms with Crippen LogP contribution in [0.15, 0.2) is 4.99 Å². The Bertz CT molecular complexity index is 188. The van der Waals surface area contributed by atoms with Gasteiger partial charge in [-0.15, -0.1) is 0 Å². The lowest BCUT2D eigenvalue weighted by molar-refractivity contribution is -0.109. The van der Waals surface area contributed by atoms with E-state index in [1.54, 1.807) is 6.92 Å². The summed E-state index contributed by atoms with van der Waals surface area (Å²) in [6, 6.07) is -0.545. The topological polar surface area (TPSA) is 84.6 Å². The summed E-state index contributed by atoms with van der Waals surface area (Å²) in [4.78, 5) is 24.1. The number of nitrogens with zero attached hydrogens (tertiary/aromatic N) is 1. The molecule has 0 fully saturated rings. The third kappa shape index (κ3) is 3.34. The van der Waals surface area contributed by atoms with Gasteiger partial charge in [-0.1, -0.05) is 0 Å². The number of urea groups is 1. The summed E-state index contributed by atoms with van der Waals surface area (Å²) < 4.78 is 0.